The molecular formula is C19H20ClN2O3P. The van der Waals surface area contributed by atoms with Gasteiger partial charge in [0.1, 0.15) is 5.30 Å². The number of nitrogens with two attached hydrogens (primary N) is 1. The maximum absolute atomic E-state index is 13.6. The molecule has 0 aliphatic rings. The first-order valence-electron chi connectivity index (χ1n) is 8.34. The van der Waals surface area contributed by atoms with Gasteiger partial charge in [-0.1, -0.05) is 41.9 Å². The quantitative estimate of drug-likeness (QED) is 0.597. The van der Waals surface area contributed by atoms with Crippen molar-refractivity contribution in [3.63, 3.8) is 0 Å². The average Bonchev–Trinajstić information content (AvgIpc) is 2.63. The van der Waals surface area contributed by atoms with E-state index in [2.05, 4.69) is 0 Å². The monoisotopic (exact) mass is 390 g/mol. The van der Waals surface area contributed by atoms with Crippen molar-refractivity contribution in [1.29, 1.82) is 0 Å². The molecule has 26 heavy (non-hydrogen) atoms. The van der Waals surface area contributed by atoms with Crippen LogP contribution >= 0.6 is 19.2 Å². The Morgan fingerprint density at radius 1 is 1.08 bits per heavy atom. The molecular weight excluding hydrogens is 371 g/mol. The van der Waals surface area contributed by atoms with E-state index in [0.29, 0.717) is 27.3 Å². The summed E-state index contributed by atoms with van der Waals surface area (Å²) >= 11 is 6.12. The fourth-order valence-corrected chi connectivity index (χ4v) is 4.87. The fourth-order valence-electron chi connectivity index (χ4n) is 2.83. The van der Waals surface area contributed by atoms with E-state index in [4.69, 9.17) is 31.4 Å². The largest absolute Gasteiger partial charge is 0.397 e. The molecule has 1 aromatic heterocycles. The van der Waals surface area contributed by atoms with Gasteiger partial charge in [0, 0.05) is 16.0 Å². The molecule has 0 bridgehead atoms. The van der Waals surface area contributed by atoms with Crippen molar-refractivity contribution in [2.45, 2.75) is 13.8 Å². The highest BCUT2D eigenvalue weighted by Crippen LogP contribution is 2.51. The van der Waals surface area contributed by atoms with Crippen LogP contribution in [0, 0.1) is 0 Å². The van der Waals surface area contributed by atoms with Crippen LogP contribution in [-0.4, -0.2) is 18.2 Å². The Kier molecular flexibility index (Phi) is 5.64. The Morgan fingerprint density at radius 3 is 2.35 bits per heavy atom. The molecule has 136 valence electrons. The third-order valence-electron chi connectivity index (χ3n) is 3.88. The lowest BCUT2D eigenvalue weighted by Crippen LogP contribution is -2.19. The van der Waals surface area contributed by atoms with Crippen LogP contribution < -0.4 is 11.0 Å². The number of rotatable bonds is 6. The van der Waals surface area contributed by atoms with Crippen LogP contribution in [0.5, 0.6) is 0 Å². The average molecular weight is 391 g/mol. The summed E-state index contributed by atoms with van der Waals surface area (Å²) in [7, 11) is -3.66. The number of benzene rings is 2. The second-order valence-corrected chi connectivity index (χ2v) is 7.98. The minimum absolute atomic E-state index is 0.221. The van der Waals surface area contributed by atoms with Crippen molar-refractivity contribution in [3.8, 4) is 11.3 Å². The van der Waals surface area contributed by atoms with Gasteiger partial charge in [-0.2, -0.15) is 0 Å². The first-order chi connectivity index (χ1) is 12.5. The van der Waals surface area contributed by atoms with E-state index >= 15 is 0 Å². The summed E-state index contributed by atoms with van der Waals surface area (Å²) in [4.78, 5) is 4.71. The minimum atomic E-state index is -3.66. The number of aromatic nitrogens is 1. The summed E-state index contributed by atoms with van der Waals surface area (Å²) in [6, 6.07) is 14.7. The molecule has 1 heterocycles. The summed E-state index contributed by atoms with van der Waals surface area (Å²) < 4.78 is 24.7. The Morgan fingerprint density at radius 2 is 1.73 bits per heavy atom. The van der Waals surface area contributed by atoms with Gasteiger partial charge in [0.2, 0.25) is 0 Å². The molecule has 5 nitrogen and oxygen atoms in total. The molecule has 0 amide bonds. The maximum Gasteiger partial charge on any atom is 0.365 e. The summed E-state index contributed by atoms with van der Waals surface area (Å²) in [6.07, 6.45) is 0. The van der Waals surface area contributed by atoms with Crippen molar-refractivity contribution < 1.29 is 13.6 Å². The Balaban J connectivity index is 2.40. The maximum atomic E-state index is 13.6. The van der Waals surface area contributed by atoms with E-state index < -0.39 is 7.60 Å². The van der Waals surface area contributed by atoms with Gasteiger partial charge in [0.15, 0.2) is 0 Å². The van der Waals surface area contributed by atoms with E-state index in [1.165, 1.54) is 0 Å². The molecule has 2 N–H and O–H groups in total. The van der Waals surface area contributed by atoms with Crippen LogP contribution in [0.4, 0.5) is 5.69 Å². The number of nitrogens with zero attached hydrogens (tertiary/aromatic N) is 1. The zero-order valence-corrected chi connectivity index (χ0v) is 16.3. The number of nitrogen functional groups attached to an aromatic ring is 1. The van der Waals surface area contributed by atoms with Gasteiger partial charge in [-0.3, -0.25) is 4.57 Å². The second-order valence-electron chi connectivity index (χ2n) is 5.58. The Bertz CT molecular complexity index is 969. The zero-order chi connectivity index (χ0) is 18.7. The second kappa shape index (κ2) is 7.77. The summed E-state index contributed by atoms with van der Waals surface area (Å²) in [5, 5.41) is 1.42. The van der Waals surface area contributed by atoms with Gasteiger partial charge in [-0.25, -0.2) is 4.98 Å². The Hall–Kier alpha value is -1.91. The van der Waals surface area contributed by atoms with Gasteiger partial charge in [-0.05, 0) is 32.0 Å². The van der Waals surface area contributed by atoms with E-state index in [9.17, 15) is 4.57 Å². The van der Waals surface area contributed by atoms with E-state index in [-0.39, 0.29) is 18.5 Å². The van der Waals surface area contributed by atoms with Crippen molar-refractivity contribution in [3.05, 3.63) is 53.6 Å². The highest BCUT2D eigenvalue weighted by molar-refractivity contribution is 7.63. The third kappa shape index (κ3) is 3.49. The number of anilines is 1. The molecule has 0 spiro atoms. The molecule has 0 radical (unpaired) electrons. The topological polar surface area (TPSA) is 74.4 Å². The molecule has 0 saturated carbocycles. The fraction of sp³-hybridized carbons (Fsp3) is 0.211. The van der Waals surface area contributed by atoms with Crippen molar-refractivity contribution >= 4 is 41.1 Å². The summed E-state index contributed by atoms with van der Waals surface area (Å²) in [6.45, 7) is 3.96. The molecule has 0 unspecified atom stereocenters. The number of fused-ring (bicyclic) bond motifs is 1. The van der Waals surface area contributed by atoms with Crippen LogP contribution in [-0.2, 0) is 13.6 Å². The molecule has 0 fully saturated rings. The van der Waals surface area contributed by atoms with E-state index in [0.717, 1.165) is 5.56 Å². The molecule has 7 heteroatoms. The first kappa shape index (κ1) is 18.9. The van der Waals surface area contributed by atoms with Crippen molar-refractivity contribution in [2.75, 3.05) is 18.9 Å². The number of hydrogen-bond donors (Lipinski definition) is 1. The molecule has 0 saturated heterocycles. The predicted molar refractivity (Wildman–Crippen MR) is 107 cm³/mol. The lowest BCUT2D eigenvalue weighted by molar-refractivity contribution is 0.230. The van der Waals surface area contributed by atoms with E-state index in [1.54, 1.807) is 32.0 Å². The molecule has 0 aliphatic carbocycles. The van der Waals surface area contributed by atoms with Gasteiger partial charge >= 0.3 is 7.60 Å². The number of hydrogen-bond acceptors (Lipinski definition) is 5. The molecule has 0 atom stereocenters. The highest BCUT2D eigenvalue weighted by Gasteiger charge is 2.34. The van der Waals surface area contributed by atoms with Crippen LogP contribution in [0.3, 0.4) is 0 Å². The van der Waals surface area contributed by atoms with Crippen LogP contribution in [0.25, 0.3) is 22.2 Å². The zero-order valence-electron chi connectivity index (χ0n) is 14.6. The highest BCUT2D eigenvalue weighted by atomic mass is 35.5. The summed E-state index contributed by atoms with van der Waals surface area (Å²) in [5.41, 5.74) is 8.68. The number of halogens is 1. The summed E-state index contributed by atoms with van der Waals surface area (Å²) in [5.74, 6) is 0. The van der Waals surface area contributed by atoms with Gasteiger partial charge < -0.3 is 14.8 Å². The standard InChI is InChI=1S/C19H20ClN2O3P/c1-3-24-26(23,25-4-2)19-17(21)15-12-14(20)10-11-16(15)22-18(19)13-8-6-5-7-9-13/h5-12H,3-4H2,1-2H3,(H2,21,22). The molecule has 3 rings (SSSR count). The molecule has 0 aliphatic heterocycles. The van der Waals surface area contributed by atoms with Gasteiger partial charge in [0.25, 0.3) is 0 Å². The Labute approximate surface area is 157 Å². The number of pyridine rings is 1. The predicted octanol–water partition coefficient (Wildman–Crippen LogP) is 5.03. The van der Waals surface area contributed by atoms with Gasteiger partial charge in [0.05, 0.1) is 30.1 Å². The van der Waals surface area contributed by atoms with Crippen molar-refractivity contribution in [1.82, 2.24) is 4.98 Å². The normalized spacial score (nSPS) is 11.8. The first-order valence-corrected chi connectivity index (χ1v) is 10.3. The van der Waals surface area contributed by atoms with Crippen molar-refractivity contribution in [2.24, 2.45) is 0 Å². The van der Waals surface area contributed by atoms with Gasteiger partial charge in [-0.15, -0.1) is 0 Å². The minimum Gasteiger partial charge on any atom is -0.397 e. The molecule has 3 aromatic rings. The van der Waals surface area contributed by atoms with Crippen LogP contribution in [0.15, 0.2) is 48.5 Å². The lowest BCUT2D eigenvalue weighted by Gasteiger charge is -2.22. The third-order valence-corrected chi connectivity index (χ3v) is 6.31. The molecule has 2 aromatic carbocycles. The lowest BCUT2D eigenvalue weighted by atomic mass is 10.1. The SMILES string of the molecule is CCOP(=O)(OCC)c1c(-c2ccccc2)nc2ccc(Cl)cc2c1N. The van der Waals surface area contributed by atoms with E-state index in [1.807, 2.05) is 30.3 Å². The smallest absolute Gasteiger partial charge is 0.365 e. The van der Waals surface area contributed by atoms with Crippen LogP contribution in [0.2, 0.25) is 5.02 Å². The van der Waals surface area contributed by atoms with Crippen LogP contribution in [0.1, 0.15) is 13.8 Å².